The van der Waals surface area contributed by atoms with Gasteiger partial charge in [0.05, 0.1) is 12.1 Å². The minimum atomic E-state index is -0.155. The zero-order chi connectivity index (χ0) is 18.5. The molecule has 1 aromatic carbocycles. The van der Waals surface area contributed by atoms with Crippen LogP contribution in [0, 0.1) is 5.92 Å². The fourth-order valence-corrected chi connectivity index (χ4v) is 3.30. The first kappa shape index (κ1) is 18.1. The third-order valence-corrected chi connectivity index (χ3v) is 4.59. The van der Waals surface area contributed by atoms with E-state index < -0.39 is 0 Å². The predicted octanol–water partition coefficient (Wildman–Crippen LogP) is 2.10. The maximum Gasteiger partial charge on any atom is 0.229 e. The molecule has 7 nitrogen and oxygen atoms in total. The first-order valence-corrected chi connectivity index (χ1v) is 8.97. The maximum absolute atomic E-state index is 12.8. The zero-order valence-electron chi connectivity index (χ0n) is 15.2. The molecule has 1 fully saturated rings. The van der Waals surface area contributed by atoms with Crippen molar-refractivity contribution in [2.24, 2.45) is 13.0 Å². The van der Waals surface area contributed by atoms with Crippen LogP contribution in [-0.4, -0.2) is 34.7 Å². The van der Waals surface area contributed by atoms with E-state index in [4.69, 9.17) is 0 Å². The summed E-state index contributed by atoms with van der Waals surface area (Å²) >= 11 is 0. The Morgan fingerprint density at radius 1 is 1.27 bits per heavy atom. The van der Waals surface area contributed by atoms with E-state index in [1.54, 1.807) is 10.7 Å². The van der Waals surface area contributed by atoms with E-state index in [9.17, 15) is 9.59 Å². The summed E-state index contributed by atoms with van der Waals surface area (Å²) in [5.41, 5.74) is 2.44. The number of amides is 2. The highest BCUT2D eigenvalue weighted by Gasteiger charge is 2.34. The Hall–Kier alpha value is -2.67. The van der Waals surface area contributed by atoms with Crippen LogP contribution in [0.4, 0.5) is 11.4 Å². The number of hydrogen-bond acceptors (Lipinski definition) is 4. The zero-order valence-corrected chi connectivity index (χ0v) is 15.2. The SMILES string of the molecule is CCCC(=O)Nc1cccc(NC(=O)[C@H]2CNC[C@@H]2c2cnn(C)c2)c1. The minimum Gasteiger partial charge on any atom is -0.326 e. The Labute approximate surface area is 153 Å². The van der Waals surface area contributed by atoms with Crippen molar-refractivity contribution in [2.45, 2.75) is 25.7 Å². The van der Waals surface area contributed by atoms with Crippen LogP contribution in [0.25, 0.3) is 0 Å². The Kier molecular flexibility index (Phi) is 5.68. The van der Waals surface area contributed by atoms with Crippen molar-refractivity contribution in [2.75, 3.05) is 23.7 Å². The van der Waals surface area contributed by atoms with Crippen LogP contribution in [-0.2, 0) is 16.6 Å². The fourth-order valence-electron chi connectivity index (χ4n) is 3.30. The molecule has 2 amide bonds. The van der Waals surface area contributed by atoms with Gasteiger partial charge in [-0.05, 0) is 30.2 Å². The van der Waals surface area contributed by atoms with Gasteiger partial charge in [0, 0.05) is 50.0 Å². The molecule has 3 rings (SSSR count). The van der Waals surface area contributed by atoms with Gasteiger partial charge in [-0.25, -0.2) is 0 Å². The van der Waals surface area contributed by atoms with Gasteiger partial charge < -0.3 is 16.0 Å². The van der Waals surface area contributed by atoms with E-state index in [2.05, 4.69) is 21.0 Å². The molecule has 0 saturated carbocycles. The Morgan fingerprint density at radius 2 is 2.04 bits per heavy atom. The van der Waals surface area contributed by atoms with Gasteiger partial charge >= 0.3 is 0 Å². The summed E-state index contributed by atoms with van der Waals surface area (Å²) < 4.78 is 1.76. The molecule has 1 saturated heterocycles. The van der Waals surface area contributed by atoms with Crippen LogP contribution in [0.15, 0.2) is 36.7 Å². The highest BCUT2D eigenvalue weighted by Crippen LogP contribution is 2.29. The normalized spacial score (nSPS) is 19.3. The standard InChI is InChI=1S/C19H25N5O2/c1-3-5-18(25)22-14-6-4-7-15(8-14)23-19(26)17-11-20-10-16(17)13-9-21-24(2)12-13/h4,6-9,12,16-17,20H,3,5,10-11H2,1-2H3,(H,22,25)(H,23,26)/t16-,17+/m1/s1. The minimum absolute atomic E-state index is 0.0207. The summed E-state index contributed by atoms with van der Waals surface area (Å²) in [4.78, 5) is 24.5. The number of nitrogens with zero attached hydrogens (tertiary/aromatic N) is 2. The summed E-state index contributed by atoms with van der Waals surface area (Å²) in [6.07, 6.45) is 5.06. The number of carbonyl (C=O) groups is 2. The average molecular weight is 355 g/mol. The molecule has 2 aromatic rings. The summed E-state index contributed by atoms with van der Waals surface area (Å²) in [5, 5.41) is 13.3. The first-order chi connectivity index (χ1) is 12.6. The van der Waals surface area contributed by atoms with Crippen LogP contribution in [0.2, 0.25) is 0 Å². The third kappa shape index (κ3) is 4.29. The van der Waals surface area contributed by atoms with E-state index in [1.165, 1.54) is 0 Å². The molecule has 138 valence electrons. The highest BCUT2D eigenvalue weighted by atomic mass is 16.2. The molecule has 7 heteroatoms. The molecule has 0 unspecified atom stereocenters. The lowest BCUT2D eigenvalue weighted by Gasteiger charge is -2.17. The van der Waals surface area contributed by atoms with E-state index in [0.29, 0.717) is 24.3 Å². The molecule has 0 aliphatic carbocycles. The monoisotopic (exact) mass is 355 g/mol. The van der Waals surface area contributed by atoms with E-state index in [0.717, 1.165) is 18.5 Å². The van der Waals surface area contributed by atoms with Crippen LogP contribution in [0.3, 0.4) is 0 Å². The lowest BCUT2D eigenvalue weighted by atomic mass is 9.90. The van der Waals surface area contributed by atoms with Gasteiger partial charge in [-0.3, -0.25) is 14.3 Å². The molecule has 1 aliphatic rings. The quantitative estimate of drug-likeness (QED) is 0.740. The Bertz CT molecular complexity index is 786. The number of aromatic nitrogens is 2. The van der Waals surface area contributed by atoms with E-state index >= 15 is 0 Å². The van der Waals surface area contributed by atoms with Gasteiger partial charge in [-0.1, -0.05) is 13.0 Å². The lowest BCUT2D eigenvalue weighted by molar-refractivity contribution is -0.119. The topological polar surface area (TPSA) is 88.1 Å². The molecule has 0 radical (unpaired) electrons. The summed E-state index contributed by atoms with van der Waals surface area (Å²) in [7, 11) is 1.87. The van der Waals surface area contributed by atoms with Crippen LogP contribution in [0.5, 0.6) is 0 Å². The van der Waals surface area contributed by atoms with Crippen molar-refractivity contribution in [1.82, 2.24) is 15.1 Å². The van der Waals surface area contributed by atoms with E-state index in [1.807, 2.05) is 44.6 Å². The number of carbonyl (C=O) groups excluding carboxylic acids is 2. The van der Waals surface area contributed by atoms with Crippen molar-refractivity contribution >= 4 is 23.2 Å². The van der Waals surface area contributed by atoms with Crippen molar-refractivity contribution < 1.29 is 9.59 Å². The summed E-state index contributed by atoms with van der Waals surface area (Å²) in [6, 6.07) is 7.25. The van der Waals surface area contributed by atoms with Gasteiger partial charge in [-0.2, -0.15) is 5.10 Å². The molecule has 26 heavy (non-hydrogen) atoms. The van der Waals surface area contributed by atoms with Crippen molar-refractivity contribution in [3.63, 3.8) is 0 Å². The molecule has 1 aromatic heterocycles. The van der Waals surface area contributed by atoms with Crippen molar-refractivity contribution in [1.29, 1.82) is 0 Å². The fraction of sp³-hybridized carbons (Fsp3) is 0.421. The Balaban J connectivity index is 1.66. The molecule has 1 aliphatic heterocycles. The Morgan fingerprint density at radius 3 is 2.73 bits per heavy atom. The third-order valence-electron chi connectivity index (χ3n) is 4.59. The summed E-state index contributed by atoms with van der Waals surface area (Å²) in [5.74, 6) is -0.0952. The number of anilines is 2. The van der Waals surface area contributed by atoms with Crippen molar-refractivity contribution in [3.8, 4) is 0 Å². The largest absolute Gasteiger partial charge is 0.326 e. The smallest absolute Gasteiger partial charge is 0.229 e. The van der Waals surface area contributed by atoms with Crippen molar-refractivity contribution in [3.05, 3.63) is 42.2 Å². The second-order valence-corrected chi connectivity index (χ2v) is 6.69. The van der Waals surface area contributed by atoms with Crippen LogP contribution < -0.4 is 16.0 Å². The first-order valence-electron chi connectivity index (χ1n) is 8.97. The van der Waals surface area contributed by atoms with E-state index in [-0.39, 0.29) is 23.7 Å². The number of benzene rings is 1. The van der Waals surface area contributed by atoms with Gasteiger partial charge in [0.2, 0.25) is 11.8 Å². The number of nitrogens with one attached hydrogen (secondary N) is 3. The number of rotatable bonds is 6. The molecular weight excluding hydrogens is 330 g/mol. The van der Waals surface area contributed by atoms with Crippen LogP contribution in [0.1, 0.15) is 31.2 Å². The molecule has 0 bridgehead atoms. The molecule has 2 heterocycles. The van der Waals surface area contributed by atoms with Gasteiger partial charge in [0.15, 0.2) is 0 Å². The molecular formula is C19H25N5O2. The number of aryl methyl sites for hydroxylation is 1. The second kappa shape index (κ2) is 8.14. The molecule has 3 N–H and O–H groups in total. The molecule has 0 spiro atoms. The van der Waals surface area contributed by atoms with Gasteiger partial charge in [0.1, 0.15) is 0 Å². The van der Waals surface area contributed by atoms with Gasteiger partial charge in [0.25, 0.3) is 0 Å². The average Bonchev–Trinajstić information content (AvgIpc) is 3.24. The summed E-state index contributed by atoms with van der Waals surface area (Å²) in [6.45, 7) is 3.36. The predicted molar refractivity (Wildman–Crippen MR) is 101 cm³/mol. The number of hydrogen-bond donors (Lipinski definition) is 3. The lowest BCUT2D eigenvalue weighted by Crippen LogP contribution is -2.28. The maximum atomic E-state index is 12.8. The highest BCUT2D eigenvalue weighted by molar-refractivity contribution is 5.95. The van der Waals surface area contributed by atoms with Crippen LogP contribution >= 0.6 is 0 Å². The second-order valence-electron chi connectivity index (χ2n) is 6.69. The van der Waals surface area contributed by atoms with Gasteiger partial charge in [-0.15, -0.1) is 0 Å². The molecule has 2 atom stereocenters.